The highest BCUT2D eigenvalue weighted by atomic mass is 16.5. The summed E-state index contributed by atoms with van der Waals surface area (Å²) in [6.07, 6.45) is 12.0. The van der Waals surface area contributed by atoms with E-state index in [1.807, 2.05) is 0 Å². The van der Waals surface area contributed by atoms with E-state index in [2.05, 4.69) is 18.7 Å². The maximum Gasteiger partial charge on any atom is 0.0576 e. The summed E-state index contributed by atoms with van der Waals surface area (Å²) in [6.45, 7) is 8.11. The first-order valence-electron chi connectivity index (χ1n) is 8.73. The van der Waals surface area contributed by atoms with Crippen molar-refractivity contribution in [2.75, 3.05) is 19.7 Å². The lowest BCUT2D eigenvalue weighted by Crippen LogP contribution is -2.56. The van der Waals surface area contributed by atoms with E-state index in [9.17, 15) is 0 Å². The van der Waals surface area contributed by atoms with Crippen molar-refractivity contribution in [1.82, 2.24) is 4.90 Å². The molecule has 0 radical (unpaired) electrons. The average molecular weight is 282 g/mol. The molecular formula is C17H34N2O. The van der Waals surface area contributed by atoms with Crippen LogP contribution in [-0.4, -0.2) is 42.3 Å². The lowest BCUT2D eigenvalue weighted by atomic mass is 9.88. The van der Waals surface area contributed by atoms with Crippen LogP contribution < -0.4 is 5.73 Å². The summed E-state index contributed by atoms with van der Waals surface area (Å²) in [4.78, 5) is 2.64. The summed E-state index contributed by atoms with van der Waals surface area (Å²) in [7, 11) is 0. The SMILES string of the molecule is CC(C)(C(N)CCCC1CCCO1)N1CCCCCC1. The highest BCUT2D eigenvalue weighted by molar-refractivity contribution is 4.92. The second kappa shape index (κ2) is 7.77. The van der Waals surface area contributed by atoms with Gasteiger partial charge < -0.3 is 10.5 Å². The predicted molar refractivity (Wildman–Crippen MR) is 84.9 cm³/mol. The van der Waals surface area contributed by atoms with Crippen LogP contribution in [-0.2, 0) is 4.74 Å². The molecule has 2 rings (SSSR count). The van der Waals surface area contributed by atoms with Crippen molar-refractivity contribution >= 4 is 0 Å². The maximum absolute atomic E-state index is 6.54. The Hall–Kier alpha value is -0.120. The molecule has 2 saturated heterocycles. The Morgan fingerprint density at radius 3 is 2.45 bits per heavy atom. The molecule has 2 heterocycles. The Kier molecular flexibility index (Phi) is 6.31. The molecule has 0 aromatic rings. The van der Waals surface area contributed by atoms with Crippen LogP contribution in [0.2, 0.25) is 0 Å². The van der Waals surface area contributed by atoms with Crippen LogP contribution in [0.1, 0.15) is 71.6 Å². The number of likely N-dealkylation sites (tertiary alicyclic amines) is 1. The minimum Gasteiger partial charge on any atom is -0.378 e. The standard InChI is InChI=1S/C17H34N2O/c1-17(2,19-12-5-3-4-6-13-19)16(18)11-7-9-15-10-8-14-20-15/h15-16H,3-14,18H2,1-2H3. The van der Waals surface area contributed by atoms with E-state index in [1.165, 1.54) is 64.5 Å². The smallest absolute Gasteiger partial charge is 0.0576 e. The molecule has 3 nitrogen and oxygen atoms in total. The van der Waals surface area contributed by atoms with Gasteiger partial charge in [0.15, 0.2) is 0 Å². The summed E-state index contributed by atoms with van der Waals surface area (Å²) in [5, 5.41) is 0. The highest BCUT2D eigenvalue weighted by Crippen LogP contribution is 2.26. The molecule has 0 saturated carbocycles. The third-order valence-electron chi connectivity index (χ3n) is 5.39. The van der Waals surface area contributed by atoms with Gasteiger partial charge >= 0.3 is 0 Å². The van der Waals surface area contributed by atoms with Crippen LogP contribution in [0.5, 0.6) is 0 Å². The number of ether oxygens (including phenoxy) is 1. The van der Waals surface area contributed by atoms with Crippen LogP contribution >= 0.6 is 0 Å². The Bertz CT molecular complexity index is 266. The molecule has 0 spiro atoms. The predicted octanol–water partition coefficient (Wildman–Crippen LogP) is 3.32. The lowest BCUT2D eigenvalue weighted by molar-refractivity contribution is 0.0834. The van der Waals surface area contributed by atoms with Gasteiger partial charge in [-0.05, 0) is 71.9 Å². The minimum absolute atomic E-state index is 0.140. The van der Waals surface area contributed by atoms with E-state index in [-0.39, 0.29) is 11.6 Å². The zero-order valence-electron chi connectivity index (χ0n) is 13.6. The lowest BCUT2D eigenvalue weighted by Gasteiger charge is -2.42. The first-order valence-corrected chi connectivity index (χ1v) is 8.73. The van der Waals surface area contributed by atoms with E-state index in [0.29, 0.717) is 6.10 Å². The second-order valence-electron chi connectivity index (χ2n) is 7.23. The van der Waals surface area contributed by atoms with Crippen molar-refractivity contribution in [1.29, 1.82) is 0 Å². The van der Waals surface area contributed by atoms with Crippen molar-refractivity contribution < 1.29 is 4.74 Å². The van der Waals surface area contributed by atoms with Gasteiger partial charge in [0.1, 0.15) is 0 Å². The molecule has 0 aliphatic carbocycles. The van der Waals surface area contributed by atoms with E-state index in [4.69, 9.17) is 10.5 Å². The Morgan fingerprint density at radius 2 is 1.85 bits per heavy atom. The molecule has 2 aliphatic heterocycles. The number of nitrogens with zero attached hydrogens (tertiary/aromatic N) is 1. The fraction of sp³-hybridized carbons (Fsp3) is 1.00. The number of nitrogens with two attached hydrogens (primary N) is 1. The van der Waals surface area contributed by atoms with Crippen molar-refractivity contribution in [2.45, 2.75) is 89.3 Å². The molecule has 0 aromatic carbocycles. The summed E-state index contributed by atoms with van der Waals surface area (Å²) < 4.78 is 5.70. The zero-order valence-corrected chi connectivity index (χ0v) is 13.6. The summed E-state index contributed by atoms with van der Waals surface area (Å²) in [6, 6.07) is 0.280. The van der Waals surface area contributed by atoms with E-state index in [0.717, 1.165) is 13.0 Å². The summed E-state index contributed by atoms with van der Waals surface area (Å²) in [5.41, 5.74) is 6.68. The largest absolute Gasteiger partial charge is 0.378 e. The molecule has 20 heavy (non-hydrogen) atoms. The van der Waals surface area contributed by atoms with Gasteiger partial charge in [-0.15, -0.1) is 0 Å². The molecule has 0 aromatic heterocycles. The Labute approximate surface area is 125 Å². The van der Waals surface area contributed by atoms with Crippen molar-refractivity contribution in [2.24, 2.45) is 5.73 Å². The molecule has 2 N–H and O–H groups in total. The minimum atomic E-state index is 0.140. The molecule has 118 valence electrons. The second-order valence-corrected chi connectivity index (χ2v) is 7.23. The topological polar surface area (TPSA) is 38.5 Å². The quantitative estimate of drug-likeness (QED) is 0.812. The van der Waals surface area contributed by atoms with Gasteiger partial charge in [-0.3, -0.25) is 4.90 Å². The van der Waals surface area contributed by atoms with Crippen LogP contribution in [0.3, 0.4) is 0 Å². The normalized spacial score (nSPS) is 27.4. The van der Waals surface area contributed by atoms with Gasteiger partial charge in [0, 0.05) is 18.2 Å². The Balaban J connectivity index is 1.74. The zero-order chi connectivity index (χ0) is 14.4. The van der Waals surface area contributed by atoms with Gasteiger partial charge in [-0.1, -0.05) is 12.8 Å². The van der Waals surface area contributed by atoms with Crippen molar-refractivity contribution in [3.05, 3.63) is 0 Å². The van der Waals surface area contributed by atoms with Crippen molar-refractivity contribution in [3.8, 4) is 0 Å². The van der Waals surface area contributed by atoms with Gasteiger partial charge in [0.2, 0.25) is 0 Å². The van der Waals surface area contributed by atoms with Crippen LogP contribution in [0.15, 0.2) is 0 Å². The maximum atomic E-state index is 6.54. The molecule has 2 atom stereocenters. The average Bonchev–Trinajstić information content (AvgIpc) is 2.78. The van der Waals surface area contributed by atoms with E-state index >= 15 is 0 Å². The summed E-state index contributed by atoms with van der Waals surface area (Å²) in [5.74, 6) is 0. The monoisotopic (exact) mass is 282 g/mol. The molecule has 0 bridgehead atoms. The highest BCUT2D eigenvalue weighted by Gasteiger charge is 2.33. The van der Waals surface area contributed by atoms with E-state index < -0.39 is 0 Å². The van der Waals surface area contributed by atoms with Gasteiger partial charge in [-0.25, -0.2) is 0 Å². The van der Waals surface area contributed by atoms with Gasteiger partial charge in [0.05, 0.1) is 6.10 Å². The molecule has 2 unspecified atom stereocenters. The Morgan fingerprint density at radius 1 is 1.15 bits per heavy atom. The van der Waals surface area contributed by atoms with Crippen LogP contribution in [0, 0.1) is 0 Å². The fourth-order valence-corrected chi connectivity index (χ4v) is 3.67. The van der Waals surface area contributed by atoms with Gasteiger partial charge in [-0.2, -0.15) is 0 Å². The third-order valence-corrected chi connectivity index (χ3v) is 5.39. The molecule has 2 fully saturated rings. The summed E-state index contributed by atoms with van der Waals surface area (Å²) >= 11 is 0. The van der Waals surface area contributed by atoms with Crippen molar-refractivity contribution in [3.63, 3.8) is 0 Å². The number of hydrogen-bond donors (Lipinski definition) is 1. The van der Waals surface area contributed by atoms with Crippen LogP contribution in [0.4, 0.5) is 0 Å². The molecule has 0 amide bonds. The molecule has 3 heteroatoms. The third kappa shape index (κ3) is 4.44. The van der Waals surface area contributed by atoms with Gasteiger partial charge in [0.25, 0.3) is 0 Å². The first-order chi connectivity index (χ1) is 9.60. The molecule has 2 aliphatic rings. The number of rotatable bonds is 6. The fourth-order valence-electron chi connectivity index (χ4n) is 3.67. The van der Waals surface area contributed by atoms with Crippen LogP contribution in [0.25, 0.3) is 0 Å². The number of hydrogen-bond acceptors (Lipinski definition) is 3. The van der Waals surface area contributed by atoms with E-state index in [1.54, 1.807) is 0 Å². The first kappa shape index (κ1) is 16.3. The molecular weight excluding hydrogens is 248 g/mol.